The minimum Gasteiger partial charge on any atom is -0.396 e. The zero-order valence-electron chi connectivity index (χ0n) is 8.84. The summed E-state index contributed by atoms with van der Waals surface area (Å²) in [6.07, 6.45) is 2.96. The first-order chi connectivity index (χ1) is 5.96. The van der Waals surface area contributed by atoms with Crippen molar-refractivity contribution < 1.29 is 9.90 Å². The predicted octanol–water partition coefficient (Wildman–Crippen LogP) is 2.01. The van der Waals surface area contributed by atoms with Gasteiger partial charge in [-0.2, -0.15) is 0 Å². The van der Waals surface area contributed by atoms with Crippen LogP contribution in [0.25, 0.3) is 0 Å². The number of rotatable bonds is 1. The van der Waals surface area contributed by atoms with E-state index in [0.29, 0.717) is 0 Å². The topological polar surface area (TPSA) is 37.3 Å². The third kappa shape index (κ3) is 2.31. The molecule has 1 N–H and O–H groups in total. The molecule has 0 aromatic heterocycles. The van der Waals surface area contributed by atoms with Gasteiger partial charge in [-0.05, 0) is 18.3 Å². The predicted molar refractivity (Wildman–Crippen MR) is 52.4 cm³/mol. The quantitative estimate of drug-likeness (QED) is 0.677. The van der Waals surface area contributed by atoms with Gasteiger partial charge in [0.15, 0.2) is 0 Å². The molecule has 1 saturated carbocycles. The molecule has 1 fully saturated rings. The van der Waals surface area contributed by atoms with Crippen molar-refractivity contribution in [1.29, 1.82) is 0 Å². The van der Waals surface area contributed by atoms with Crippen molar-refractivity contribution in [3.63, 3.8) is 0 Å². The number of hydrogen-bond acceptors (Lipinski definition) is 2. The molecule has 1 aliphatic carbocycles. The van der Waals surface area contributed by atoms with E-state index in [0.717, 1.165) is 19.3 Å². The summed E-state index contributed by atoms with van der Waals surface area (Å²) in [5.74, 6) is 0.345. The molecule has 2 heteroatoms. The van der Waals surface area contributed by atoms with Crippen LogP contribution >= 0.6 is 0 Å². The molecule has 0 aliphatic heterocycles. The van der Waals surface area contributed by atoms with Crippen LogP contribution in [-0.4, -0.2) is 17.5 Å². The maximum absolute atomic E-state index is 11.8. The van der Waals surface area contributed by atoms with E-state index >= 15 is 0 Å². The number of hydrogen-bond donors (Lipinski definition) is 1. The van der Waals surface area contributed by atoms with Gasteiger partial charge in [-0.15, -0.1) is 0 Å². The van der Waals surface area contributed by atoms with Gasteiger partial charge < -0.3 is 5.11 Å². The monoisotopic (exact) mass is 184 g/mol. The van der Waals surface area contributed by atoms with E-state index in [1.54, 1.807) is 0 Å². The number of ketones is 1. The van der Waals surface area contributed by atoms with E-state index in [1.807, 2.05) is 0 Å². The Kier molecular flexibility index (Phi) is 3.12. The Balaban J connectivity index is 2.71. The molecular formula is C11H20O2. The van der Waals surface area contributed by atoms with Crippen LogP contribution in [0, 0.1) is 17.3 Å². The van der Waals surface area contributed by atoms with Crippen LogP contribution in [0.3, 0.4) is 0 Å². The summed E-state index contributed by atoms with van der Waals surface area (Å²) in [5, 5.41) is 9.02. The van der Waals surface area contributed by atoms with Gasteiger partial charge in [0.2, 0.25) is 0 Å². The van der Waals surface area contributed by atoms with Gasteiger partial charge >= 0.3 is 0 Å². The van der Waals surface area contributed by atoms with Gasteiger partial charge in [0.25, 0.3) is 0 Å². The Morgan fingerprint density at radius 1 is 1.38 bits per heavy atom. The minimum atomic E-state index is -0.0852. The second-order valence-corrected chi connectivity index (χ2v) is 5.13. The molecule has 2 atom stereocenters. The van der Waals surface area contributed by atoms with E-state index in [4.69, 9.17) is 5.11 Å². The third-order valence-electron chi connectivity index (χ3n) is 3.06. The highest BCUT2D eigenvalue weighted by Crippen LogP contribution is 2.37. The number of Topliss-reactive ketones (excluding diaryl/α,β-unsaturated/α-hetero) is 1. The second-order valence-electron chi connectivity index (χ2n) is 5.13. The van der Waals surface area contributed by atoms with Crippen LogP contribution in [-0.2, 0) is 4.79 Å². The van der Waals surface area contributed by atoms with Gasteiger partial charge in [-0.25, -0.2) is 0 Å². The van der Waals surface area contributed by atoms with Crippen molar-refractivity contribution in [3.8, 4) is 0 Å². The van der Waals surface area contributed by atoms with Crippen LogP contribution in [0.5, 0.6) is 0 Å². The zero-order valence-corrected chi connectivity index (χ0v) is 8.84. The molecule has 0 aromatic carbocycles. The molecular weight excluding hydrogens is 164 g/mol. The lowest BCUT2D eigenvalue weighted by Gasteiger charge is -2.35. The molecule has 0 amide bonds. The van der Waals surface area contributed by atoms with Gasteiger partial charge in [0.1, 0.15) is 5.78 Å². The van der Waals surface area contributed by atoms with E-state index in [-0.39, 0.29) is 29.6 Å². The minimum absolute atomic E-state index is 0.0331. The molecule has 1 rings (SSSR count). The Labute approximate surface area is 80.3 Å². The van der Waals surface area contributed by atoms with E-state index in [1.165, 1.54) is 0 Å². The number of aliphatic hydroxyl groups excluding tert-OH is 1. The molecule has 0 radical (unpaired) electrons. The van der Waals surface area contributed by atoms with Crippen molar-refractivity contribution >= 4 is 5.78 Å². The summed E-state index contributed by atoms with van der Waals surface area (Å²) in [6, 6.07) is 0. The fraction of sp³-hybridized carbons (Fsp3) is 0.909. The second kappa shape index (κ2) is 3.79. The maximum atomic E-state index is 11.8. The van der Waals surface area contributed by atoms with Gasteiger partial charge in [-0.3, -0.25) is 4.79 Å². The summed E-state index contributed by atoms with van der Waals surface area (Å²) < 4.78 is 0. The van der Waals surface area contributed by atoms with E-state index in [2.05, 4.69) is 20.8 Å². The summed E-state index contributed by atoms with van der Waals surface area (Å²) in [7, 11) is 0. The van der Waals surface area contributed by atoms with E-state index < -0.39 is 0 Å². The van der Waals surface area contributed by atoms with Gasteiger partial charge in [0.05, 0.1) is 6.61 Å². The molecule has 0 saturated heterocycles. The summed E-state index contributed by atoms with van der Waals surface area (Å²) in [5.41, 5.74) is 0.0604. The lowest BCUT2D eigenvalue weighted by atomic mass is 9.68. The Hall–Kier alpha value is -0.370. The average molecular weight is 184 g/mol. The van der Waals surface area contributed by atoms with Crippen molar-refractivity contribution in [2.75, 3.05) is 6.61 Å². The highest BCUT2D eigenvalue weighted by Gasteiger charge is 2.37. The smallest absolute Gasteiger partial charge is 0.141 e. The van der Waals surface area contributed by atoms with E-state index in [9.17, 15) is 4.79 Å². The van der Waals surface area contributed by atoms with Crippen molar-refractivity contribution in [1.82, 2.24) is 0 Å². The molecule has 76 valence electrons. The maximum Gasteiger partial charge on any atom is 0.141 e. The standard InChI is InChI=1S/C11H20O2/c1-11(2,3)9-6-4-5-8(7-12)10(9)13/h8-9,12H,4-7H2,1-3H3. The largest absolute Gasteiger partial charge is 0.396 e. The van der Waals surface area contributed by atoms with Crippen LogP contribution in [0.2, 0.25) is 0 Å². The fourth-order valence-corrected chi connectivity index (χ4v) is 2.18. The Bertz CT molecular complexity index is 191. The summed E-state index contributed by atoms with van der Waals surface area (Å²) in [6.45, 7) is 6.35. The summed E-state index contributed by atoms with van der Waals surface area (Å²) >= 11 is 0. The molecule has 0 spiro atoms. The lowest BCUT2D eigenvalue weighted by molar-refractivity contribution is -0.134. The number of carbonyl (C=O) groups is 1. The molecule has 0 bridgehead atoms. The molecule has 1 aliphatic rings. The molecule has 13 heavy (non-hydrogen) atoms. The van der Waals surface area contributed by atoms with Crippen molar-refractivity contribution in [2.45, 2.75) is 40.0 Å². The van der Waals surface area contributed by atoms with Crippen LogP contribution in [0.4, 0.5) is 0 Å². The Morgan fingerprint density at radius 3 is 2.46 bits per heavy atom. The van der Waals surface area contributed by atoms with Crippen LogP contribution in [0.1, 0.15) is 40.0 Å². The zero-order chi connectivity index (χ0) is 10.1. The normalized spacial score (nSPS) is 30.6. The number of carbonyl (C=O) groups excluding carboxylic acids is 1. The van der Waals surface area contributed by atoms with Crippen LogP contribution in [0.15, 0.2) is 0 Å². The van der Waals surface area contributed by atoms with Gasteiger partial charge in [0, 0.05) is 11.8 Å². The lowest BCUT2D eigenvalue weighted by Crippen LogP contribution is -2.37. The molecule has 2 unspecified atom stereocenters. The molecule has 0 heterocycles. The highest BCUT2D eigenvalue weighted by atomic mass is 16.3. The SMILES string of the molecule is CC(C)(C)C1CCCC(CO)C1=O. The highest BCUT2D eigenvalue weighted by molar-refractivity contribution is 5.84. The first-order valence-corrected chi connectivity index (χ1v) is 5.11. The first kappa shape index (κ1) is 10.7. The molecule has 0 aromatic rings. The average Bonchev–Trinajstić information content (AvgIpc) is 2.02. The fourth-order valence-electron chi connectivity index (χ4n) is 2.18. The van der Waals surface area contributed by atoms with Crippen molar-refractivity contribution in [2.24, 2.45) is 17.3 Å². The van der Waals surface area contributed by atoms with Crippen LogP contribution < -0.4 is 0 Å². The van der Waals surface area contributed by atoms with Gasteiger partial charge in [-0.1, -0.05) is 27.2 Å². The Morgan fingerprint density at radius 2 is 2.00 bits per heavy atom. The molecule has 2 nitrogen and oxygen atoms in total. The van der Waals surface area contributed by atoms with Crippen molar-refractivity contribution in [3.05, 3.63) is 0 Å². The summed E-state index contributed by atoms with van der Waals surface area (Å²) in [4.78, 5) is 11.8. The third-order valence-corrected chi connectivity index (χ3v) is 3.06. The number of aliphatic hydroxyl groups is 1. The first-order valence-electron chi connectivity index (χ1n) is 5.11.